The van der Waals surface area contributed by atoms with E-state index in [1.165, 1.54) is 16.2 Å². The van der Waals surface area contributed by atoms with Crippen molar-refractivity contribution in [2.45, 2.75) is 6.54 Å². The van der Waals surface area contributed by atoms with Crippen LogP contribution < -0.4 is 5.32 Å². The maximum absolute atomic E-state index is 12.3. The van der Waals surface area contributed by atoms with Crippen molar-refractivity contribution < 1.29 is 9.59 Å². The van der Waals surface area contributed by atoms with E-state index in [0.29, 0.717) is 17.1 Å². The number of thiophene rings is 1. The number of anilines is 1. The quantitative estimate of drug-likeness (QED) is 0.648. The molecule has 0 atom stereocenters. The number of nitrogens with one attached hydrogen (secondary N) is 1. The van der Waals surface area contributed by atoms with Gasteiger partial charge in [-0.3, -0.25) is 14.3 Å². The zero-order valence-electron chi connectivity index (χ0n) is 14.1. The van der Waals surface area contributed by atoms with Crippen LogP contribution in [0.25, 0.3) is 0 Å². The van der Waals surface area contributed by atoms with Gasteiger partial charge in [-0.15, -0.1) is 11.3 Å². The van der Waals surface area contributed by atoms with Crippen molar-refractivity contribution in [2.75, 3.05) is 18.9 Å². The first-order valence-corrected chi connectivity index (χ1v) is 9.49. The fourth-order valence-electron chi connectivity index (χ4n) is 2.43. The predicted octanol–water partition coefficient (Wildman–Crippen LogP) is 3.47. The summed E-state index contributed by atoms with van der Waals surface area (Å²) in [6, 6.07) is 13.0. The van der Waals surface area contributed by atoms with Crippen LogP contribution in [0.4, 0.5) is 5.69 Å². The lowest BCUT2D eigenvalue weighted by Crippen LogP contribution is -2.34. The second-order valence-corrected chi connectivity index (χ2v) is 8.18. The number of aromatic nitrogens is 2. The first-order valence-electron chi connectivity index (χ1n) is 7.88. The number of likely N-dealkylation sites (N-methyl/N-ethyl adjacent to an activating group) is 1. The second-order valence-electron chi connectivity index (χ2n) is 5.72. The van der Waals surface area contributed by atoms with Crippen molar-refractivity contribution >= 4 is 44.8 Å². The van der Waals surface area contributed by atoms with Crippen LogP contribution in [0.5, 0.6) is 0 Å². The normalized spacial score (nSPS) is 10.5. The molecule has 2 heterocycles. The first-order chi connectivity index (χ1) is 12.5. The maximum Gasteiger partial charge on any atom is 0.264 e. The summed E-state index contributed by atoms with van der Waals surface area (Å²) in [6.45, 7) is 0.611. The van der Waals surface area contributed by atoms with E-state index in [1.807, 2.05) is 47.3 Å². The summed E-state index contributed by atoms with van der Waals surface area (Å²) in [5.74, 6) is -0.420. The lowest BCUT2D eigenvalue weighted by Gasteiger charge is -2.16. The van der Waals surface area contributed by atoms with Crippen molar-refractivity contribution in [1.29, 1.82) is 0 Å². The van der Waals surface area contributed by atoms with Crippen molar-refractivity contribution in [2.24, 2.45) is 0 Å². The molecular weight excluding hydrogens is 416 g/mol. The molecule has 0 unspecified atom stereocenters. The Balaban J connectivity index is 1.58. The van der Waals surface area contributed by atoms with Gasteiger partial charge in [0, 0.05) is 25.1 Å². The lowest BCUT2D eigenvalue weighted by atomic mass is 10.2. The maximum atomic E-state index is 12.3. The number of nitrogens with zero attached hydrogens (tertiary/aromatic N) is 3. The molecule has 2 amide bonds. The van der Waals surface area contributed by atoms with Crippen molar-refractivity contribution in [3.05, 3.63) is 69.1 Å². The standard InChI is InChI=1S/C18H17BrN4O2S/c1-22(18(25)15-6-7-16(19)26-15)12-17(24)21-14-5-2-4-13(10-14)11-23-9-3-8-20-23/h2-10H,11-12H2,1H3,(H,21,24). The number of carbonyl (C=O) groups is 2. The molecule has 2 aromatic heterocycles. The van der Waals surface area contributed by atoms with Crippen LogP contribution in [0.1, 0.15) is 15.2 Å². The topological polar surface area (TPSA) is 67.2 Å². The van der Waals surface area contributed by atoms with Crippen LogP contribution in [0.15, 0.2) is 58.6 Å². The summed E-state index contributed by atoms with van der Waals surface area (Å²) in [5.41, 5.74) is 1.72. The summed E-state index contributed by atoms with van der Waals surface area (Å²) in [7, 11) is 1.61. The number of benzene rings is 1. The van der Waals surface area contributed by atoms with E-state index in [2.05, 4.69) is 26.3 Å². The molecule has 0 bridgehead atoms. The Bertz CT molecular complexity index is 908. The van der Waals surface area contributed by atoms with Crippen molar-refractivity contribution in [3.8, 4) is 0 Å². The van der Waals surface area contributed by atoms with Crippen LogP contribution in [0.2, 0.25) is 0 Å². The van der Waals surface area contributed by atoms with E-state index in [-0.39, 0.29) is 18.4 Å². The molecule has 3 rings (SSSR count). The third-order valence-electron chi connectivity index (χ3n) is 3.63. The van der Waals surface area contributed by atoms with Crippen LogP contribution in [0.3, 0.4) is 0 Å². The molecule has 0 saturated carbocycles. The minimum absolute atomic E-state index is 0.0161. The van der Waals surface area contributed by atoms with Crippen molar-refractivity contribution in [3.63, 3.8) is 0 Å². The van der Waals surface area contributed by atoms with Crippen molar-refractivity contribution in [1.82, 2.24) is 14.7 Å². The lowest BCUT2D eigenvalue weighted by molar-refractivity contribution is -0.116. The number of amides is 2. The second kappa shape index (κ2) is 8.29. The Labute approximate surface area is 163 Å². The Hall–Kier alpha value is -2.45. The van der Waals surface area contributed by atoms with E-state index in [4.69, 9.17) is 0 Å². The smallest absolute Gasteiger partial charge is 0.264 e. The highest BCUT2D eigenvalue weighted by Gasteiger charge is 2.16. The molecule has 0 saturated heterocycles. The molecule has 0 aliphatic heterocycles. The Morgan fingerprint density at radius 1 is 1.27 bits per heavy atom. The van der Waals surface area contributed by atoms with Gasteiger partial charge in [0.2, 0.25) is 5.91 Å². The van der Waals surface area contributed by atoms with E-state index in [1.54, 1.807) is 19.3 Å². The largest absolute Gasteiger partial charge is 0.332 e. The van der Waals surface area contributed by atoms with Gasteiger partial charge >= 0.3 is 0 Å². The van der Waals surface area contributed by atoms with Gasteiger partial charge in [-0.25, -0.2) is 0 Å². The molecule has 0 aliphatic rings. The molecule has 0 fully saturated rings. The molecule has 0 spiro atoms. The first kappa shape index (κ1) is 18.3. The highest BCUT2D eigenvalue weighted by molar-refractivity contribution is 9.11. The Morgan fingerprint density at radius 2 is 2.12 bits per heavy atom. The minimum Gasteiger partial charge on any atom is -0.332 e. The number of hydrogen-bond acceptors (Lipinski definition) is 4. The van der Waals surface area contributed by atoms with E-state index < -0.39 is 0 Å². The molecule has 134 valence electrons. The number of carbonyl (C=O) groups excluding carboxylic acids is 2. The zero-order valence-corrected chi connectivity index (χ0v) is 16.5. The summed E-state index contributed by atoms with van der Waals surface area (Å²) in [4.78, 5) is 26.6. The molecule has 1 aromatic carbocycles. The van der Waals surface area contributed by atoms with E-state index >= 15 is 0 Å². The van der Waals surface area contributed by atoms with Gasteiger partial charge in [-0.05, 0) is 51.8 Å². The third-order valence-corrected chi connectivity index (χ3v) is 5.24. The molecule has 0 radical (unpaired) electrons. The van der Waals surface area contributed by atoms with Gasteiger partial charge in [0.1, 0.15) is 0 Å². The Morgan fingerprint density at radius 3 is 2.81 bits per heavy atom. The SMILES string of the molecule is CN(CC(=O)Nc1cccc(Cn2cccn2)c1)C(=O)c1ccc(Br)s1. The number of halogens is 1. The number of rotatable bonds is 6. The fourth-order valence-corrected chi connectivity index (χ4v) is 3.81. The summed E-state index contributed by atoms with van der Waals surface area (Å²) in [5, 5.41) is 7.01. The van der Waals surface area contributed by atoms with E-state index in [0.717, 1.165) is 9.35 Å². The highest BCUT2D eigenvalue weighted by Crippen LogP contribution is 2.23. The molecule has 0 aliphatic carbocycles. The van der Waals surface area contributed by atoms with Gasteiger partial charge in [0.15, 0.2) is 0 Å². The molecule has 3 aromatic rings. The van der Waals surface area contributed by atoms with Gasteiger partial charge in [0.05, 0.1) is 21.8 Å². The minimum atomic E-state index is -0.243. The predicted molar refractivity (Wildman–Crippen MR) is 105 cm³/mol. The summed E-state index contributed by atoms with van der Waals surface area (Å²) in [6.07, 6.45) is 3.61. The van der Waals surface area contributed by atoms with Gasteiger partial charge < -0.3 is 10.2 Å². The van der Waals surface area contributed by atoms with Gasteiger partial charge in [-0.1, -0.05) is 12.1 Å². The average molecular weight is 433 g/mol. The molecule has 26 heavy (non-hydrogen) atoms. The average Bonchev–Trinajstić information content (AvgIpc) is 3.26. The summed E-state index contributed by atoms with van der Waals surface area (Å²) < 4.78 is 2.69. The third kappa shape index (κ3) is 4.80. The Kier molecular flexibility index (Phi) is 5.85. The van der Waals surface area contributed by atoms with E-state index in [9.17, 15) is 9.59 Å². The van der Waals surface area contributed by atoms with Crippen LogP contribution >= 0.6 is 27.3 Å². The summed E-state index contributed by atoms with van der Waals surface area (Å²) >= 11 is 4.68. The van der Waals surface area contributed by atoms with Crippen LogP contribution in [-0.4, -0.2) is 40.1 Å². The van der Waals surface area contributed by atoms with Gasteiger partial charge in [-0.2, -0.15) is 5.10 Å². The molecular formula is C18H17BrN4O2S. The number of hydrogen-bond donors (Lipinski definition) is 1. The monoisotopic (exact) mass is 432 g/mol. The molecule has 1 N–H and O–H groups in total. The van der Waals surface area contributed by atoms with Crippen LogP contribution in [-0.2, 0) is 11.3 Å². The fraction of sp³-hybridized carbons (Fsp3) is 0.167. The van der Waals surface area contributed by atoms with Crippen LogP contribution in [0, 0.1) is 0 Å². The molecule has 6 nitrogen and oxygen atoms in total. The molecule has 8 heteroatoms. The van der Waals surface area contributed by atoms with Gasteiger partial charge in [0.25, 0.3) is 5.91 Å². The zero-order chi connectivity index (χ0) is 18.5. The highest BCUT2D eigenvalue weighted by atomic mass is 79.9.